The van der Waals surface area contributed by atoms with E-state index in [4.69, 9.17) is 21.7 Å². The first-order chi connectivity index (χ1) is 15.0. The zero-order chi connectivity index (χ0) is 22.0. The molecule has 0 saturated carbocycles. The fourth-order valence-corrected chi connectivity index (χ4v) is 4.36. The van der Waals surface area contributed by atoms with Gasteiger partial charge in [0.2, 0.25) is 5.91 Å². The number of aromatic amines is 1. The third kappa shape index (κ3) is 4.20. The number of aryl methyl sites for hydroxylation is 1. The summed E-state index contributed by atoms with van der Waals surface area (Å²) in [6, 6.07) is 13.8. The van der Waals surface area contributed by atoms with E-state index in [1.807, 2.05) is 54.3 Å². The van der Waals surface area contributed by atoms with Crippen LogP contribution in [0.2, 0.25) is 0 Å². The van der Waals surface area contributed by atoms with Crippen molar-refractivity contribution < 1.29 is 14.3 Å². The Morgan fingerprint density at radius 3 is 2.74 bits per heavy atom. The summed E-state index contributed by atoms with van der Waals surface area (Å²) in [7, 11) is 3.23. The summed E-state index contributed by atoms with van der Waals surface area (Å²) < 4.78 is 13.0. The van der Waals surface area contributed by atoms with Crippen LogP contribution in [0.3, 0.4) is 0 Å². The Bertz CT molecular complexity index is 1150. The molecule has 0 radical (unpaired) electrons. The zero-order valence-corrected chi connectivity index (χ0v) is 18.7. The molecule has 1 aliphatic rings. The lowest BCUT2D eigenvalue weighted by molar-refractivity contribution is -0.132. The number of amides is 1. The Balaban J connectivity index is 1.60. The minimum absolute atomic E-state index is 0.00389. The molecule has 162 valence electrons. The van der Waals surface area contributed by atoms with Gasteiger partial charge in [-0.1, -0.05) is 29.8 Å². The van der Waals surface area contributed by atoms with E-state index in [1.165, 1.54) is 0 Å². The number of aromatic nitrogens is 3. The molecule has 8 heteroatoms. The number of benzene rings is 2. The molecule has 0 spiro atoms. The second kappa shape index (κ2) is 8.93. The Hall–Kier alpha value is -3.13. The van der Waals surface area contributed by atoms with E-state index in [-0.39, 0.29) is 18.5 Å². The van der Waals surface area contributed by atoms with Gasteiger partial charge in [-0.25, -0.2) is 0 Å². The van der Waals surface area contributed by atoms with Crippen LogP contribution >= 0.6 is 12.2 Å². The average Bonchev–Trinajstić information content (AvgIpc) is 3.41. The topological polar surface area (TPSA) is 72.4 Å². The monoisotopic (exact) mass is 438 g/mol. The molecule has 1 saturated heterocycles. The van der Waals surface area contributed by atoms with E-state index in [9.17, 15) is 4.79 Å². The van der Waals surface area contributed by atoms with Crippen molar-refractivity contribution in [1.29, 1.82) is 0 Å². The highest BCUT2D eigenvalue weighted by atomic mass is 32.1. The zero-order valence-electron chi connectivity index (χ0n) is 17.9. The van der Waals surface area contributed by atoms with Crippen molar-refractivity contribution in [1.82, 2.24) is 19.7 Å². The number of hydrogen-bond acceptors (Lipinski definition) is 5. The van der Waals surface area contributed by atoms with Crippen LogP contribution in [-0.2, 0) is 11.3 Å². The van der Waals surface area contributed by atoms with Crippen LogP contribution in [0.15, 0.2) is 42.5 Å². The third-order valence-corrected chi connectivity index (χ3v) is 6.01. The second-order valence-electron chi connectivity index (χ2n) is 7.67. The second-order valence-corrected chi connectivity index (χ2v) is 8.05. The number of H-pyrrole nitrogens is 1. The Labute approximate surface area is 186 Å². The summed E-state index contributed by atoms with van der Waals surface area (Å²) in [4.78, 5) is 15.3. The highest BCUT2D eigenvalue weighted by Crippen LogP contribution is 2.37. The normalized spacial score (nSPS) is 15.8. The molecular formula is C23H26N4O3S. The molecule has 1 fully saturated rings. The molecule has 7 nitrogen and oxygen atoms in total. The van der Waals surface area contributed by atoms with Gasteiger partial charge in [-0.2, -0.15) is 5.10 Å². The Morgan fingerprint density at radius 2 is 2.00 bits per heavy atom. The van der Waals surface area contributed by atoms with E-state index >= 15 is 0 Å². The predicted molar refractivity (Wildman–Crippen MR) is 121 cm³/mol. The molecule has 0 aliphatic carbocycles. The van der Waals surface area contributed by atoms with Crippen molar-refractivity contribution in [3.8, 4) is 22.9 Å². The molecule has 1 unspecified atom stereocenters. The number of likely N-dealkylation sites (tertiary alicyclic amines) is 1. The largest absolute Gasteiger partial charge is 0.493 e. The molecule has 1 aromatic heterocycles. The molecule has 31 heavy (non-hydrogen) atoms. The highest BCUT2D eigenvalue weighted by molar-refractivity contribution is 7.71. The molecule has 1 amide bonds. The summed E-state index contributed by atoms with van der Waals surface area (Å²) in [5.74, 6) is 2.03. The quantitative estimate of drug-likeness (QED) is 0.581. The standard InChI is InChI=1S/C23H26N4O3S/c1-15-6-4-7-17(12-15)22-24-25-23(31)27(22)14-21(28)26-11-5-8-18(26)16-9-10-19(29-2)20(13-16)30-3/h4,6-7,9-10,12-13,18H,5,8,11,14H2,1-3H3,(H,25,31). The summed E-state index contributed by atoms with van der Waals surface area (Å²) in [6.45, 7) is 2.88. The number of rotatable bonds is 6. The number of methoxy groups -OCH3 is 2. The lowest BCUT2D eigenvalue weighted by Gasteiger charge is -2.26. The maximum Gasteiger partial charge on any atom is 0.243 e. The number of nitrogens with zero attached hydrogens (tertiary/aromatic N) is 3. The van der Waals surface area contributed by atoms with Crippen LogP contribution in [0.4, 0.5) is 0 Å². The summed E-state index contributed by atoms with van der Waals surface area (Å²) >= 11 is 5.43. The van der Waals surface area contributed by atoms with Gasteiger partial charge in [-0.3, -0.25) is 14.5 Å². The Morgan fingerprint density at radius 1 is 1.19 bits per heavy atom. The van der Waals surface area contributed by atoms with Gasteiger partial charge < -0.3 is 14.4 Å². The van der Waals surface area contributed by atoms with Gasteiger partial charge in [0.25, 0.3) is 0 Å². The molecule has 3 aromatic rings. The van der Waals surface area contributed by atoms with Crippen LogP contribution in [0.5, 0.6) is 11.5 Å². The van der Waals surface area contributed by atoms with Gasteiger partial charge in [0, 0.05) is 12.1 Å². The van der Waals surface area contributed by atoms with Crippen molar-refractivity contribution in [2.24, 2.45) is 0 Å². The van der Waals surface area contributed by atoms with Crippen LogP contribution in [-0.4, -0.2) is 46.3 Å². The van der Waals surface area contributed by atoms with E-state index in [0.717, 1.165) is 29.5 Å². The molecule has 2 aromatic carbocycles. The van der Waals surface area contributed by atoms with Gasteiger partial charge in [0.1, 0.15) is 6.54 Å². The molecule has 4 rings (SSSR count). The average molecular weight is 439 g/mol. The van der Waals surface area contributed by atoms with Gasteiger partial charge in [0.05, 0.1) is 20.3 Å². The number of nitrogens with one attached hydrogen (secondary N) is 1. The summed E-state index contributed by atoms with van der Waals surface area (Å²) in [6.07, 6.45) is 1.86. The predicted octanol–water partition coefficient (Wildman–Crippen LogP) is 4.30. The van der Waals surface area contributed by atoms with Gasteiger partial charge >= 0.3 is 0 Å². The Kier molecular flexibility index (Phi) is 6.08. The lowest BCUT2D eigenvalue weighted by atomic mass is 10.0. The van der Waals surface area contributed by atoms with Gasteiger partial charge in [-0.05, 0) is 55.7 Å². The first-order valence-corrected chi connectivity index (χ1v) is 10.7. The van der Waals surface area contributed by atoms with E-state index < -0.39 is 0 Å². The van der Waals surface area contributed by atoms with Crippen LogP contribution in [0.1, 0.15) is 30.0 Å². The molecule has 1 aliphatic heterocycles. The fourth-order valence-electron chi connectivity index (χ4n) is 4.17. The van der Waals surface area contributed by atoms with Gasteiger partial charge in [0.15, 0.2) is 22.1 Å². The first kappa shape index (κ1) is 21.1. The molecule has 1 atom stereocenters. The summed E-state index contributed by atoms with van der Waals surface area (Å²) in [5, 5.41) is 7.21. The van der Waals surface area contributed by atoms with Crippen LogP contribution in [0, 0.1) is 11.7 Å². The molecule has 2 heterocycles. The fraction of sp³-hybridized carbons (Fsp3) is 0.348. The SMILES string of the molecule is COc1ccc(C2CCCN2C(=O)Cn2c(-c3cccc(C)c3)n[nH]c2=S)cc1OC. The lowest BCUT2D eigenvalue weighted by Crippen LogP contribution is -2.33. The van der Waals surface area contributed by atoms with Crippen LogP contribution < -0.4 is 9.47 Å². The number of carbonyl (C=O) groups is 1. The highest BCUT2D eigenvalue weighted by Gasteiger charge is 2.31. The smallest absolute Gasteiger partial charge is 0.243 e. The van der Waals surface area contributed by atoms with E-state index in [0.29, 0.717) is 28.6 Å². The number of ether oxygens (including phenoxy) is 2. The van der Waals surface area contributed by atoms with Crippen molar-refractivity contribution in [2.75, 3.05) is 20.8 Å². The van der Waals surface area contributed by atoms with Crippen molar-refractivity contribution >= 4 is 18.1 Å². The van der Waals surface area contributed by atoms with Crippen molar-refractivity contribution in [3.63, 3.8) is 0 Å². The summed E-state index contributed by atoms with van der Waals surface area (Å²) in [5.41, 5.74) is 3.09. The maximum atomic E-state index is 13.3. The first-order valence-electron chi connectivity index (χ1n) is 10.3. The van der Waals surface area contributed by atoms with Crippen molar-refractivity contribution in [2.45, 2.75) is 32.4 Å². The minimum Gasteiger partial charge on any atom is -0.493 e. The number of hydrogen-bond donors (Lipinski definition) is 1. The maximum absolute atomic E-state index is 13.3. The molecular weight excluding hydrogens is 412 g/mol. The van der Waals surface area contributed by atoms with Gasteiger partial charge in [-0.15, -0.1) is 0 Å². The molecule has 1 N–H and O–H groups in total. The van der Waals surface area contributed by atoms with Crippen molar-refractivity contribution in [3.05, 3.63) is 58.4 Å². The van der Waals surface area contributed by atoms with E-state index in [2.05, 4.69) is 10.2 Å². The van der Waals surface area contributed by atoms with Crippen LogP contribution in [0.25, 0.3) is 11.4 Å². The molecule has 0 bridgehead atoms. The number of carbonyl (C=O) groups excluding carboxylic acids is 1. The van der Waals surface area contributed by atoms with E-state index in [1.54, 1.807) is 18.8 Å². The minimum atomic E-state index is -0.00389. The third-order valence-electron chi connectivity index (χ3n) is 5.69.